The van der Waals surface area contributed by atoms with Gasteiger partial charge in [0.15, 0.2) is 0 Å². The van der Waals surface area contributed by atoms with E-state index >= 15 is 0 Å². The highest BCUT2D eigenvalue weighted by atomic mass is 16.5. The summed E-state index contributed by atoms with van der Waals surface area (Å²) in [7, 11) is 0. The zero-order chi connectivity index (χ0) is 18.9. The predicted molar refractivity (Wildman–Crippen MR) is 99.1 cm³/mol. The van der Waals surface area contributed by atoms with Gasteiger partial charge < -0.3 is 15.4 Å². The Labute approximate surface area is 151 Å². The maximum atomic E-state index is 11.7. The average molecular weight is 354 g/mol. The first-order valence-electron chi connectivity index (χ1n) is 9.04. The summed E-state index contributed by atoms with van der Waals surface area (Å²) >= 11 is 0. The van der Waals surface area contributed by atoms with Gasteiger partial charge in [0.05, 0.1) is 12.3 Å². The van der Waals surface area contributed by atoms with Crippen LogP contribution < -0.4 is 10.6 Å². The third-order valence-corrected chi connectivity index (χ3v) is 3.32. The highest BCUT2D eigenvalue weighted by molar-refractivity contribution is 5.76. The van der Waals surface area contributed by atoms with Gasteiger partial charge in [-0.1, -0.05) is 26.0 Å². The molecule has 0 aliphatic rings. The molecule has 7 heteroatoms. The first-order valence-corrected chi connectivity index (χ1v) is 9.04. The molecule has 0 bridgehead atoms. The van der Waals surface area contributed by atoms with Crippen LogP contribution in [0.1, 0.15) is 60.1 Å². The summed E-state index contributed by atoms with van der Waals surface area (Å²) in [6, 6.07) is 0. The maximum absolute atomic E-state index is 11.7. The number of ether oxygens (including phenoxy) is 1. The van der Waals surface area contributed by atoms with Gasteiger partial charge in [-0.3, -0.25) is 9.48 Å². The van der Waals surface area contributed by atoms with E-state index in [1.165, 1.54) is 0 Å². The summed E-state index contributed by atoms with van der Waals surface area (Å²) in [5, 5.41) is 14.5. The Balaban J connectivity index is 2.07. The molecule has 0 aliphatic heterocycles. The van der Waals surface area contributed by atoms with E-state index in [-0.39, 0.29) is 16.9 Å². The minimum atomic E-state index is 0.0179. The van der Waals surface area contributed by atoms with Crippen molar-refractivity contribution in [2.45, 2.75) is 73.0 Å². The molecule has 0 atom stereocenters. The SMILES string of the molecule is CC(C)(C)CC(=O)NCCOCCCn1cc(CNC(C)(C)C)nn1. The van der Waals surface area contributed by atoms with Gasteiger partial charge >= 0.3 is 0 Å². The van der Waals surface area contributed by atoms with Crippen LogP contribution in [-0.2, 0) is 22.6 Å². The monoisotopic (exact) mass is 353 g/mol. The van der Waals surface area contributed by atoms with E-state index in [1.54, 1.807) is 0 Å². The van der Waals surface area contributed by atoms with Crippen molar-refractivity contribution in [1.82, 2.24) is 25.6 Å². The standard InChI is InChI=1S/C18H35N5O2/c1-17(2,3)12-16(24)19-8-11-25-10-7-9-23-14-15(21-22-23)13-20-18(4,5)6/h14,20H,7-13H2,1-6H3,(H,19,24). The topological polar surface area (TPSA) is 81.1 Å². The number of hydrogen-bond donors (Lipinski definition) is 2. The van der Waals surface area contributed by atoms with Gasteiger partial charge in [0.25, 0.3) is 0 Å². The molecule has 0 unspecified atom stereocenters. The molecule has 0 saturated carbocycles. The van der Waals surface area contributed by atoms with Crippen molar-refractivity contribution in [2.75, 3.05) is 19.8 Å². The zero-order valence-electron chi connectivity index (χ0n) is 16.7. The summed E-state index contributed by atoms with van der Waals surface area (Å²) in [4.78, 5) is 11.7. The minimum absolute atomic E-state index is 0.0179. The van der Waals surface area contributed by atoms with Crippen LogP contribution in [0.5, 0.6) is 0 Å². The van der Waals surface area contributed by atoms with Crippen molar-refractivity contribution in [2.24, 2.45) is 5.41 Å². The number of aryl methyl sites for hydroxylation is 1. The normalized spacial score (nSPS) is 12.4. The largest absolute Gasteiger partial charge is 0.380 e. The first-order chi connectivity index (χ1) is 11.6. The van der Waals surface area contributed by atoms with Gasteiger partial charge in [-0.15, -0.1) is 5.10 Å². The van der Waals surface area contributed by atoms with Gasteiger partial charge in [-0.25, -0.2) is 0 Å². The molecule has 1 amide bonds. The number of carbonyl (C=O) groups is 1. The highest BCUT2D eigenvalue weighted by Crippen LogP contribution is 2.17. The fourth-order valence-electron chi connectivity index (χ4n) is 2.12. The second-order valence-corrected chi connectivity index (χ2v) is 8.63. The molecule has 0 fully saturated rings. The van der Waals surface area contributed by atoms with Crippen molar-refractivity contribution < 1.29 is 9.53 Å². The quantitative estimate of drug-likeness (QED) is 0.630. The van der Waals surface area contributed by atoms with E-state index in [1.807, 2.05) is 10.9 Å². The first kappa shape index (κ1) is 21.6. The van der Waals surface area contributed by atoms with Gasteiger partial charge in [0.1, 0.15) is 0 Å². The molecule has 144 valence electrons. The Hall–Kier alpha value is -1.47. The molecule has 25 heavy (non-hydrogen) atoms. The Morgan fingerprint density at radius 2 is 1.92 bits per heavy atom. The smallest absolute Gasteiger partial charge is 0.220 e. The minimum Gasteiger partial charge on any atom is -0.380 e. The van der Waals surface area contributed by atoms with E-state index in [4.69, 9.17) is 4.74 Å². The lowest BCUT2D eigenvalue weighted by Gasteiger charge is -2.19. The molecule has 0 spiro atoms. The van der Waals surface area contributed by atoms with Gasteiger partial charge in [-0.05, 0) is 32.6 Å². The van der Waals surface area contributed by atoms with Crippen molar-refractivity contribution >= 4 is 5.91 Å². The number of hydrogen-bond acceptors (Lipinski definition) is 5. The molecule has 1 rings (SSSR count). The molecule has 1 heterocycles. The number of rotatable bonds is 10. The Kier molecular flexibility index (Phi) is 8.52. The van der Waals surface area contributed by atoms with Crippen molar-refractivity contribution in [3.63, 3.8) is 0 Å². The molecule has 0 saturated heterocycles. The molecule has 1 aromatic heterocycles. The number of aromatic nitrogens is 3. The molecule has 0 aromatic carbocycles. The van der Waals surface area contributed by atoms with Crippen LogP contribution in [0.15, 0.2) is 6.20 Å². The van der Waals surface area contributed by atoms with Crippen LogP contribution in [0.4, 0.5) is 0 Å². The molecule has 0 radical (unpaired) electrons. The summed E-state index contributed by atoms with van der Waals surface area (Å²) in [5.74, 6) is 0.0788. The van der Waals surface area contributed by atoms with E-state index < -0.39 is 0 Å². The van der Waals surface area contributed by atoms with Crippen LogP contribution in [0.25, 0.3) is 0 Å². The van der Waals surface area contributed by atoms with Crippen LogP contribution in [-0.4, -0.2) is 46.2 Å². The van der Waals surface area contributed by atoms with Crippen LogP contribution in [0, 0.1) is 5.41 Å². The molecule has 7 nitrogen and oxygen atoms in total. The molecule has 1 aromatic rings. The maximum Gasteiger partial charge on any atom is 0.220 e. The Morgan fingerprint density at radius 3 is 2.56 bits per heavy atom. The molecule has 2 N–H and O–H groups in total. The number of nitrogens with one attached hydrogen (secondary N) is 2. The Morgan fingerprint density at radius 1 is 1.20 bits per heavy atom. The van der Waals surface area contributed by atoms with Crippen LogP contribution in [0.3, 0.4) is 0 Å². The average Bonchev–Trinajstić information content (AvgIpc) is 2.89. The van der Waals surface area contributed by atoms with E-state index in [2.05, 4.69) is 62.5 Å². The lowest BCUT2D eigenvalue weighted by Crippen LogP contribution is -2.35. The molecular formula is C18H35N5O2. The molecule has 0 aliphatic carbocycles. The number of amides is 1. The van der Waals surface area contributed by atoms with E-state index in [9.17, 15) is 4.79 Å². The summed E-state index contributed by atoms with van der Waals surface area (Å²) in [5.41, 5.74) is 1.03. The van der Waals surface area contributed by atoms with Crippen molar-refractivity contribution in [3.05, 3.63) is 11.9 Å². The van der Waals surface area contributed by atoms with Gasteiger partial charge in [0.2, 0.25) is 5.91 Å². The Bertz CT molecular complexity index is 514. The van der Waals surface area contributed by atoms with Gasteiger partial charge in [0, 0.05) is 44.4 Å². The lowest BCUT2D eigenvalue weighted by molar-refractivity contribution is -0.123. The summed E-state index contributed by atoms with van der Waals surface area (Å²) in [6.45, 7) is 15.8. The van der Waals surface area contributed by atoms with Gasteiger partial charge in [-0.2, -0.15) is 0 Å². The lowest BCUT2D eigenvalue weighted by atomic mass is 9.92. The number of carbonyl (C=O) groups excluding carboxylic acids is 1. The second kappa shape index (κ2) is 9.87. The fraction of sp³-hybridized carbons (Fsp3) is 0.833. The van der Waals surface area contributed by atoms with E-state index in [0.717, 1.165) is 18.7 Å². The summed E-state index contributed by atoms with van der Waals surface area (Å²) in [6.07, 6.45) is 3.36. The van der Waals surface area contributed by atoms with Crippen LogP contribution >= 0.6 is 0 Å². The third kappa shape index (κ3) is 11.7. The van der Waals surface area contributed by atoms with E-state index in [0.29, 0.717) is 32.7 Å². The van der Waals surface area contributed by atoms with Crippen molar-refractivity contribution in [3.8, 4) is 0 Å². The molecular weight excluding hydrogens is 318 g/mol. The third-order valence-electron chi connectivity index (χ3n) is 3.32. The zero-order valence-corrected chi connectivity index (χ0v) is 16.7. The highest BCUT2D eigenvalue weighted by Gasteiger charge is 2.15. The van der Waals surface area contributed by atoms with Crippen LogP contribution in [0.2, 0.25) is 0 Å². The van der Waals surface area contributed by atoms with Crippen molar-refractivity contribution in [1.29, 1.82) is 0 Å². The number of nitrogens with zero attached hydrogens (tertiary/aromatic N) is 3. The predicted octanol–water partition coefficient (Wildman–Crippen LogP) is 2.13. The summed E-state index contributed by atoms with van der Waals surface area (Å²) < 4.78 is 7.39. The second-order valence-electron chi connectivity index (χ2n) is 8.63. The fourth-order valence-corrected chi connectivity index (χ4v) is 2.12.